The van der Waals surface area contributed by atoms with E-state index in [1.165, 1.54) is 24.2 Å². The zero-order chi connectivity index (χ0) is 10.8. The summed E-state index contributed by atoms with van der Waals surface area (Å²) >= 11 is 5.63. The van der Waals surface area contributed by atoms with Crippen LogP contribution in [0.15, 0.2) is 16.3 Å². The number of carbonyl (C=O) groups is 1. The summed E-state index contributed by atoms with van der Waals surface area (Å²) in [5.74, 6) is 0.887. The third-order valence-corrected chi connectivity index (χ3v) is 3.93. The van der Waals surface area contributed by atoms with Crippen LogP contribution in [-0.4, -0.2) is 11.9 Å². The average Bonchev–Trinajstić information content (AvgIpc) is 2.85. The van der Waals surface area contributed by atoms with Gasteiger partial charge in [-0.05, 0) is 25.3 Å². The van der Waals surface area contributed by atoms with Gasteiger partial charge in [-0.25, -0.2) is 0 Å². The highest BCUT2D eigenvalue weighted by atomic mass is 32.1. The molecule has 1 aromatic rings. The molecule has 15 heavy (non-hydrogen) atoms. The van der Waals surface area contributed by atoms with Gasteiger partial charge in [0.15, 0.2) is 0 Å². The maximum atomic E-state index is 11.7. The second kappa shape index (κ2) is 4.58. The molecule has 0 radical (unpaired) electrons. The van der Waals surface area contributed by atoms with Gasteiger partial charge in [-0.1, -0.05) is 12.8 Å². The van der Waals surface area contributed by atoms with Gasteiger partial charge in [0.25, 0.3) is 5.91 Å². The number of rotatable bonds is 4. The third kappa shape index (κ3) is 3.24. The van der Waals surface area contributed by atoms with Gasteiger partial charge < -0.3 is 5.32 Å². The van der Waals surface area contributed by atoms with Crippen molar-refractivity contribution in [3.8, 4) is 0 Å². The van der Waals surface area contributed by atoms with Crippen molar-refractivity contribution in [1.29, 1.82) is 0 Å². The molecule has 1 atom stereocenters. The van der Waals surface area contributed by atoms with Gasteiger partial charge in [0, 0.05) is 16.3 Å². The normalized spacial score (nSPS) is 17.5. The fourth-order valence-corrected chi connectivity index (χ4v) is 2.70. The molecule has 1 aliphatic rings. The summed E-state index contributed by atoms with van der Waals surface area (Å²) in [6, 6.07) is 2.10. The van der Waals surface area contributed by atoms with Crippen LogP contribution in [0.3, 0.4) is 0 Å². The Morgan fingerprint density at radius 2 is 2.47 bits per heavy atom. The predicted molar refractivity (Wildman–Crippen MR) is 65.8 cm³/mol. The first-order valence-corrected chi connectivity index (χ1v) is 6.56. The molecule has 1 saturated carbocycles. The van der Waals surface area contributed by atoms with Crippen molar-refractivity contribution in [1.82, 2.24) is 5.32 Å². The van der Waals surface area contributed by atoms with Gasteiger partial charge in [0.2, 0.25) is 0 Å². The Hall–Kier alpha value is -0.480. The zero-order valence-corrected chi connectivity index (χ0v) is 10.4. The number of hydrogen-bond donors (Lipinski definition) is 2. The number of nitrogens with one attached hydrogen (secondary N) is 1. The molecule has 1 N–H and O–H groups in total. The molecular formula is C11H15NOS2. The molecule has 1 unspecified atom stereocenters. The van der Waals surface area contributed by atoms with Crippen molar-refractivity contribution < 1.29 is 4.79 Å². The lowest BCUT2D eigenvalue weighted by atomic mass is 10.1. The smallest absolute Gasteiger partial charge is 0.261 e. The van der Waals surface area contributed by atoms with E-state index in [1.54, 1.807) is 0 Å². The molecule has 1 heterocycles. The van der Waals surface area contributed by atoms with E-state index in [2.05, 4.69) is 24.9 Å². The fraction of sp³-hybridized carbons (Fsp3) is 0.545. The largest absolute Gasteiger partial charge is 0.349 e. The lowest BCUT2D eigenvalue weighted by molar-refractivity contribution is 0.0941. The van der Waals surface area contributed by atoms with Gasteiger partial charge in [0.05, 0.1) is 4.88 Å². The van der Waals surface area contributed by atoms with Gasteiger partial charge in [0.1, 0.15) is 0 Å². The minimum atomic E-state index is 0.0356. The molecule has 1 aliphatic carbocycles. The molecule has 82 valence electrons. The molecule has 0 saturated heterocycles. The number of carbonyl (C=O) groups excluding carboxylic acids is 1. The SMILES string of the molecule is CC(CC1CC1)NC(=O)c1cc(S)cs1. The average molecular weight is 241 g/mol. The summed E-state index contributed by atoms with van der Waals surface area (Å²) in [5, 5.41) is 4.90. The zero-order valence-electron chi connectivity index (χ0n) is 8.69. The Balaban J connectivity index is 1.85. The van der Waals surface area contributed by atoms with Crippen LogP contribution in [0.5, 0.6) is 0 Å². The molecule has 4 heteroatoms. The number of amides is 1. The van der Waals surface area contributed by atoms with Crippen molar-refractivity contribution in [2.45, 2.75) is 37.1 Å². The van der Waals surface area contributed by atoms with Crippen LogP contribution < -0.4 is 5.32 Å². The summed E-state index contributed by atoms with van der Waals surface area (Å²) in [6.07, 6.45) is 3.78. The molecule has 2 nitrogen and oxygen atoms in total. The number of thiol groups is 1. The minimum Gasteiger partial charge on any atom is -0.349 e. The molecule has 0 aromatic carbocycles. The van der Waals surface area contributed by atoms with E-state index < -0.39 is 0 Å². The van der Waals surface area contributed by atoms with E-state index in [4.69, 9.17) is 0 Å². The van der Waals surface area contributed by atoms with Crippen molar-refractivity contribution in [3.05, 3.63) is 16.3 Å². The predicted octanol–water partition coefficient (Wildman–Crippen LogP) is 2.96. The summed E-state index contributed by atoms with van der Waals surface area (Å²) in [5.41, 5.74) is 0. The van der Waals surface area contributed by atoms with Crippen molar-refractivity contribution >= 4 is 29.9 Å². The first kappa shape index (κ1) is 11.0. The molecule has 1 fully saturated rings. The Kier molecular flexibility index (Phi) is 3.36. The Labute approximate surface area is 99.5 Å². The Morgan fingerprint density at radius 1 is 1.73 bits per heavy atom. The van der Waals surface area contributed by atoms with Crippen LogP contribution in [0.2, 0.25) is 0 Å². The second-order valence-corrected chi connectivity index (χ2v) is 5.65. The molecule has 1 aromatic heterocycles. The van der Waals surface area contributed by atoms with Crippen LogP contribution in [-0.2, 0) is 0 Å². The molecule has 0 aliphatic heterocycles. The standard InChI is InChI=1S/C11H15NOS2/c1-7(4-8-2-3-8)12-11(13)10-5-9(14)6-15-10/h5-8,14H,2-4H2,1H3,(H,12,13). The highest BCUT2D eigenvalue weighted by Gasteiger charge is 2.24. The monoisotopic (exact) mass is 241 g/mol. The van der Waals surface area contributed by atoms with Crippen LogP contribution in [0.1, 0.15) is 35.9 Å². The minimum absolute atomic E-state index is 0.0356. The molecule has 1 amide bonds. The quantitative estimate of drug-likeness (QED) is 0.780. The van der Waals surface area contributed by atoms with Gasteiger partial charge in [-0.2, -0.15) is 0 Å². The van der Waals surface area contributed by atoms with E-state index in [-0.39, 0.29) is 11.9 Å². The van der Waals surface area contributed by atoms with Crippen molar-refractivity contribution in [2.75, 3.05) is 0 Å². The van der Waals surface area contributed by atoms with Gasteiger partial charge in [-0.3, -0.25) is 4.79 Å². The molecular weight excluding hydrogens is 226 g/mol. The lowest BCUT2D eigenvalue weighted by Crippen LogP contribution is -2.32. The second-order valence-electron chi connectivity index (χ2n) is 4.22. The Morgan fingerprint density at radius 3 is 3.00 bits per heavy atom. The van der Waals surface area contributed by atoms with Crippen molar-refractivity contribution in [3.63, 3.8) is 0 Å². The lowest BCUT2D eigenvalue weighted by Gasteiger charge is -2.12. The van der Waals surface area contributed by atoms with Crippen LogP contribution in [0.25, 0.3) is 0 Å². The van der Waals surface area contributed by atoms with E-state index in [9.17, 15) is 4.79 Å². The number of hydrogen-bond acceptors (Lipinski definition) is 3. The number of thiophene rings is 1. The maximum Gasteiger partial charge on any atom is 0.261 e. The van der Waals surface area contributed by atoms with E-state index in [1.807, 2.05) is 11.4 Å². The van der Waals surface area contributed by atoms with Gasteiger partial charge in [-0.15, -0.1) is 24.0 Å². The van der Waals surface area contributed by atoms with Crippen molar-refractivity contribution in [2.24, 2.45) is 5.92 Å². The molecule has 2 rings (SSSR count). The van der Waals surface area contributed by atoms with E-state index in [0.717, 1.165) is 22.1 Å². The first-order chi connectivity index (χ1) is 7.15. The van der Waals surface area contributed by atoms with Crippen LogP contribution in [0.4, 0.5) is 0 Å². The Bertz CT molecular complexity index is 357. The third-order valence-electron chi connectivity index (χ3n) is 2.57. The molecule has 0 spiro atoms. The van der Waals surface area contributed by atoms with E-state index >= 15 is 0 Å². The summed E-state index contributed by atoms with van der Waals surface area (Å²) in [6.45, 7) is 2.07. The topological polar surface area (TPSA) is 29.1 Å². The van der Waals surface area contributed by atoms with Crippen LogP contribution in [0, 0.1) is 5.92 Å². The fourth-order valence-electron chi connectivity index (χ4n) is 1.65. The van der Waals surface area contributed by atoms with E-state index in [0.29, 0.717) is 0 Å². The first-order valence-electron chi connectivity index (χ1n) is 5.23. The highest BCUT2D eigenvalue weighted by molar-refractivity contribution is 7.80. The molecule has 0 bridgehead atoms. The summed E-state index contributed by atoms with van der Waals surface area (Å²) < 4.78 is 0. The maximum absolute atomic E-state index is 11.7. The highest BCUT2D eigenvalue weighted by Crippen LogP contribution is 2.33. The van der Waals surface area contributed by atoms with Crippen LogP contribution >= 0.6 is 24.0 Å². The summed E-state index contributed by atoms with van der Waals surface area (Å²) in [7, 11) is 0. The van der Waals surface area contributed by atoms with Gasteiger partial charge >= 0.3 is 0 Å². The summed E-state index contributed by atoms with van der Waals surface area (Å²) in [4.78, 5) is 13.3.